The fraction of sp³-hybridized carbons (Fsp3) is 0.625. The molecule has 1 aliphatic heterocycles. The van der Waals surface area contributed by atoms with Crippen LogP contribution in [-0.4, -0.2) is 30.5 Å². The Morgan fingerprint density at radius 2 is 1.95 bits per heavy atom. The summed E-state index contributed by atoms with van der Waals surface area (Å²) in [6.07, 6.45) is 4.93. The van der Waals surface area contributed by atoms with Crippen molar-refractivity contribution in [3.05, 3.63) is 35.4 Å². The number of rotatable bonds is 3. The lowest BCUT2D eigenvalue weighted by Crippen LogP contribution is -2.28. The van der Waals surface area contributed by atoms with Crippen LogP contribution >= 0.6 is 0 Å². The third kappa shape index (κ3) is 3.16. The van der Waals surface area contributed by atoms with Crippen LogP contribution in [0.1, 0.15) is 42.9 Å². The Labute approximate surface area is 114 Å². The molecule has 1 heterocycles. The van der Waals surface area contributed by atoms with Crippen molar-refractivity contribution in [3.63, 3.8) is 0 Å². The van der Waals surface area contributed by atoms with Crippen molar-refractivity contribution in [2.24, 2.45) is 0 Å². The zero-order valence-corrected chi connectivity index (χ0v) is 11.3. The minimum absolute atomic E-state index is 0.0804. The van der Waals surface area contributed by atoms with Crippen LogP contribution in [0.5, 0.6) is 0 Å². The SMILES string of the molecule is OC1CCC(OCC2OCCc3ccccc32)CC1. The van der Waals surface area contributed by atoms with Gasteiger partial charge < -0.3 is 14.6 Å². The third-order valence-corrected chi connectivity index (χ3v) is 4.22. The number of aliphatic hydroxyl groups excluding tert-OH is 1. The van der Waals surface area contributed by atoms with Gasteiger partial charge in [-0.1, -0.05) is 24.3 Å². The maximum Gasteiger partial charge on any atom is 0.106 e. The Balaban J connectivity index is 1.56. The zero-order valence-electron chi connectivity index (χ0n) is 11.3. The summed E-state index contributed by atoms with van der Waals surface area (Å²) in [4.78, 5) is 0. The molecule has 19 heavy (non-hydrogen) atoms. The monoisotopic (exact) mass is 262 g/mol. The van der Waals surface area contributed by atoms with E-state index in [0.717, 1.165) is 38.7 Å². The normalized spacial score (nSPS) is 30.9. The molecular formula is C16H22O3. The highest BCUT2D eigenvalue weighted by atomic mass is 16.5. The second kappa shape index (κ2) is 6.04. The average Bonchev–Trinajstić information content (AvgIpc) is 2.47. The highest BCUT2D eigenvalue weighted by Gasteiger charge is 2.24. The number of ether oxygens (including phenoxy) is 2. The first-order chi connectivity index (χ1) is 9.33. The third-order valence-electron chi connectivity index (χ3n) is 4.22. The first-order valence-corrected chi connectivity index (χ1v) is 7.32. The van der Waals surface area contributed by atoms with E-state index in [-0.39, 0.29) is 12.2 Å². The molecular weight excluding hydrogens is 240 g/mol. The van der Waals surface area contributed by atoms with Crippen molar-refractivity contribution in [1.82, 2.24) is 0 Å². The summed E-state index contributed by atoms with van der Waals surface area (Å²) in [5, 5.41) is 9.49. The van der Waals surface area contributed by atoms with Gasteiger partial charge >= 0.3 is 0 Å². The van der Waals surface area contributed by atoms with E-state index in [1.54, 1.807) is 0 Å². The van der Waals surface area contributed by atoms with Gasteiger partial charge in [-0.15, -0.1) is 0 Å². The predicted molar refractivity (Wildman–Crippen MR) is 73.1 cm³/mol. The quantitative estimate of drug-likeness (QED) is 0.910. The van der Waals surface area contributed by atoms with Crippen LogP contribution in [0.3, 0.4) is 0 Å². The fourth-order valence-electron chi connectivity index (χ4n) is 3.05. The lowest BCUT2D eigenvalue weighted by Gasteiger charge is -2.30. The van der Waals surface area contributed by atoms with Gasteiger partial charge in [0, 0.05) is 0 Å². The number of hydrogen-bond donors (Lipinski definition) is 1. The van der Waals surface area contributed by atoms with Gasteiger partial charge in [-0.05, 0) is 43.2 Å². The van der Waals surface area contributed by atoms with E-state index in [4.69, 9.17) is 9.47 Å². The van der Waals surface area contributed by atoms with Crippen molar-refractivity contribution < 1.29 is 14.6 Å². The minimum Gasteiger partial charge on any atom is -0.393 e. The maximum atomic E-state index is 9.49. The van der Waals surface area contributed by atoms with Gasteiger partial charge in [-0.3, -0.25) is 0 Å². The second-order valence-corrected chi connectivity index (χ2v) is 5.57. The molecule has 1 aliphatic carbocycles. The standard InChI is InChI=1S/C16H22O3/c17-13-5-7-14(8-6-13)19-11-16-15-4-2-1-3-12(15)9-10-18-16/h1-4,13-14,16-17H,5-11H2. The molecule has 1 aromatic rings. The van der Waals surface area contributed by atoms with Crippen LogP contribution in [-0.2, 0) is 15.9 Å². The molecule has 3 nitrogen and oxygen atoms in total. The largest absolute Gasteiger partial charge is 0.393 e. The van der Waals surface area contributed by atoms with Crippen molar-refractivity contribution in [2.45, 2.75) is 50.4 Å². The zero-order chi connectivity index (χ0) is 13.1. The van der Waals surface area contributed by atoms with E-state index in [1.165, 1.54) is 11.1 Å². The summed E-state index contributed by atoms with van der Waals surface area (Å²) < 4.78 is 11.8. The summed E-state index contributed by atoms with van der Waals surface area (Å²) in [5.41, 5.74) is 2.67. The molecule has 0 radical (unpaired) electrons. The molecule has 0 saturated heterocycles. The fourth-order valence-corrected chi connectivity index (χ4v) is 3.05. The smallest absolute Gasteiger partial charge is 0.106 e. The Bertz CT molecular complexity index is 410. The lowest BCUT2D eigenvalue weighted by molar-refractivity contribution is -0.0684. The van der Waals surface area contributed by atoms with Crippen LogP contribution in [0.2, 0.25) is 0 Å². The summed E-state index contributed by atoms with van der Waals surface area (Å²) in [6.45, 7) is 1.42. The van der Waals surface area contributed by atoms with Gasteiger partial charge in [0.05, 0.1) is 25.4 Å². The number of aliphatic hydroxyl groups is 1. The lowest BCUT2D eigenvalue weighted by atomic mass is 9.95. The first kappa shape index (κ1) is 13.1. The second-order valence-electron chi connectivity index (χ2n) is 5.57. The van der Waals surface area contributed by atoms with E-state index in [9.17, 15) is 5.11 Å². The molecule has 3 heteroatoms. The van der Waals surface area contributed by atoms with Crippen molar-refractivity contribution in [2.75, 3.05) is 13.2 Å². The molecule has 0 spiro atoms. The molecule has 2 aliphatic rings. The molecule has 1 fully saturated rings. The highest BCUT2D eigenvalue weighted by Crippen LogP contribution is 2.29. The van der Waals surface area contributed by atoms with Gasteiger partial charge in [0.1, 0.15) is 6.10 Å². The Morgan fingerprint density at radius 1 is 1.16 bits per heavy atom. The summed E-state index contributed by atoms with van der Waals surface area (Å²) in [5.74, 6) is 0. The van der Waals surface area contributed by atoms with E-state index >= 15 is 0 Å². The van der Waals surface area contributed by atoms with Gasteiger partial charge in [-0.25, -0.2) is 0 Å². The molecule has 0 amide bonds. The number of fused-ring (bicyclic) bond motifs is 1. The Morgan fingerprint density at radius 3 is 2.79 bits per heavy atom. The highest BCUT2D eigenvalue weighted by molar-refractivity contribution is 5.30. The average molecular weight is 262 g/mol. The number of hydrogen-bond acceptors (Lipinski definition) is 3. The summed E-state index contributed by atoms with van der Waals surface area (Å²) >= 11 is 0. The van der Waals surface area contributed by atoms with Gasteiger partial charge in [0.25, 0.3) is 0 Å². The van der Waals surface area contributed by atoms with Crippen LogP contribution in [0.25, 0.3) is 0 Å². The molecule has 1 aromatic carbocycles. The summed E-state index contributed by atoms with van der Waals surface area (Å²) in [6, 6.07) is 8.48. The van der Waals surface area contributed by atoms with E-state index < -0.39 is 0 Å². The van der Waals surface area contributed by atoms with E-state index in [1.807, 2.05) is 0 Å². The summed E-state index contributed by atoms with van der Waals surface area (Å²) in [7, 11) is 0. The Hall–Kier alpha value is -0.900. The van der Waals surface area contributed by atoms with Crippen LogP contribution in [0, 0.1) is 0 Å². The predicted octanol–water partition coefficient (Wildman–Crippen LogP) is 2.62. The molecule has 1 saturated carbocycles. The van der Waals surface area contributed by atoms with Crippen LogP contribution < -0.4 is 0 Å². The molecule has 1 atom stereocenters. The topological polar surface area (TPSA) is 38.7 Å². The van der Waals surface area contributed by atoms with Crippen LogP contribution in [0.4, 0.5) is 0 Å². The molecule has 0 bridgehead atoms. The van der Waals surface area contributed by atoms with Gasteiger partial charge in [0.2, 0.25) is 0 Å². The first-order valence-electron chi connectivity index (χ1n) is 7.32. The molecule has 104 valence electrons. The minimum atomic E-state index is -0.119. The van der Waals surface area contributed by atoms with Crippen molar-refractivity contribution in [1.29, 1.82) is 0 Å². The maximum absolute atomic E-state index is 9.49. The van der Waals surface area contributed by atoms with Gasteiger partial charge in [-0.2, -0.15) is 0 Å². The van der Waals surface area contributed by atoms with Gasteiger partial charge in [0.15, 0.2) is 0 Å². The molecule has 1 N–H and O–H groups in total. The van der Waals surface area contributed by atoms with Crippen molar-refractivity contribution >= 4 is 0 Å². The molecule has 1 unspecified atom stereocenters. The van der Waals surface area contributed by atoms with E-state index in [0.29, 0.717) is 12.7 Å². The molecule has 3 rings (SSSR count). The van der Waals surface area contributed by atoms with Crippen LogP contribution in [0.15, 0.2) is 24.3 Å². The van der Waals surface area contributed by atoms with Crippen molar-refractivity contribution in [3.8, 4) is 0 Å². The Kier molecular flexibility index (Phi) is 4.16. The number of benzene rings is 1. The van der Waals surface area contributed by atoms with E-state index in [2.05, 4.69) is 24.3 Å². The molecule has 0 aromatic heterocycles.